The van der Waals surface area contributed by atoms with Crippen molar-refractivity contribution < 1.29 is 34.0 Å². The highest BCUT2D eigenvalue weighted by Crippen LogP contribution is 2.33. The van der Waals surface area contributed by atoms with E-state index in [1.165, 1.54) is 25.7 Å². The van der Waals surface area contributed by atoms with Crippen LogP contribution >= 0.6 is 0 Å². The van der Waals surface area contributed by atoms with E-state index >= 15 is 0 Å². The monoisotopic (exact) mass is 386 g/mol. The van der Waals surface area contributed by atoms with Crippen molar-refractivity contribution in [2.75, 3.05) is 19.8 Å². The molecule has 7 nitrogen and oxygen atoms in total. The first-order valence-corrected chi connectivity index (χ1v) is 10.1. The van der Waals surface area contributed by atoms with E-state index in [0.29, 0.717) is 13.2 Å². The van der Waals surface area contributed by atoms with Crippen molar-refractivity contribution in [3.05, 3.63) is 11.5 Å². The van der Waals surface area contributed by atoms with Crippen molar-refractivity contribution in [2.24, 2.45) is 0 Å². The van der Waals surface area contributed by atoms with Crippen LogP contribution in [0.1, 0.15) is 71.6 Å². The number of hydrogen-bond donors (Lipinski definition) is 2. The van der Waals surface area contributed by atoms with Crippen molar-refractivity contribution in [3.63, 3.8) is 0 Å². The van der Waals surface area contributed by atoms with Crippen LogP contribution in [0.15, 0.2) is 11.5 Å². The molecule has 156 valence electrons. The molecule has 0 radical (unpaired) electrons. The molecule has 0 saturated carbocycles. The molecule has 0 aromatic heterocycles. The van der Waals surface area contributed by atoms with Crippen molar-refractivity contribution >= 4 is 5.97 Å². The third kappa shape index (κ3) is 6.97. The summed E-state index contributed by atoms with van der Waals surface area (Å²) in [6.07, 6.45) is 8.65. The first kappa shape index (κ1) is 22.0. The van der Waals surface area contributed by atoms with Gasteiger partial charge in [0, 0.05) is 6.61 Å². The molecule has 27 heavy (non-hydrogen) atoms. The molecular formula is C20H34O7. The Hall–Kier alpha value is -1.31. The van der Waals surface area contributed by atoms with E-state index in [9.17, 15) is 9.90 Å². The Morgan fingerprint density at radius 1 is 1.04 bits per heavy atom. The summed E-state index contributed by atoms with van der Waals surface area (Å²) in [5.74, 6) is -1.81. The SMILES string of the molecule is CC1(C)OC[C@@H]([C@H]2OC(=O)C(O)=C2OCCCCCCCCCCCO)O1. The second kappa shape index (κ2) is 10.9. The van der Waals surface area contributed by atoms with Crippen LogP contribution in [0.25, 0.3) is 0 Å². The van der Waals surface area contributed by atoms with Crippen LogP contribution in [0.2, 0.25) is 0 Å². The topological polar surface area (TPSA) is 94.5 Å². The molecule has 2 heterocycles. The standard InChI is InChI=1S/C20H34O7/c1-20(2)25-14-15(27-20)17-18(16(22)19(23)26-17)24-13-11-9-7-5-3-4-6-8-10-12-21/h15,17,21-22H,3-14H2,1-2H3/t15-,17+/m0/s1. The van der Waals surface area contributed by atoms with Gasteiger partial charge in [-0.15, -0.1) is 0 Å². The van der Waals surface area contributed by atoms with Gasteiger partial charge in [-0.1, -0.05) is 44.9 Å². The van der Waals surface area contributed by atoms with Crippen molar-refractivity contribution in [2.45, 2.75) is 89.6 Å². The lowest BCUT2D eigenvalue weighted by molar-refractivity contribution is -0.163. The van der Waals surface area contributed by atoms with Gasteiger partial charge in [-0.3, -0.25) is 0 Å². The van der Waals surface area contributed by atoms with E-state index in [4.69, 9.17) is 24.1 Å². The van der Waals surface area contributed by atoms with Crippen molar-refractivity contribution in [3.8, 4) is 0 Å². The fourth-order valence-corrected chi connectivity index (χ4v) is 3.35. The summed E-state index contributed by atoms with van der Waals surface area (Å²) in [5, 5.41) is 18.7. The molecule has 0 aliphatic carbocycles. The summed E-state index contributed by atoms with van der Waals surface area (Å²) >= 11 is 0. The lowest BCUT2D eigenvalue weighted by atomic mass is 10.1. The average Bonchev–Trinajstić information content (AvgIpc) is 3.13. The quantitative estimate of drug-likeness (QED) is 0.370. The second-order valence-corrected chi connectivity index (χ2v) is 7.66. The highest BCUT2D eigenvalue weighted by atomic mass is 16.8. The number of carbonyl (C=O) groups excluding carboxylic acids is 1. The minimum atomic E-state index is -0.774. The van der Waals surface area contributed by atoms with Gasteiger partial charge >= 0.3 is 5.97 Å². The van der Waals surface area contributed by atoms with Gasteiger partial charge in [-0.2, -0.15) is 0 Å². The van der Waals surface area contributed by atoms with Crippen molar-refractivity contribution in [1.29, 1.82) is 0 Å². The van der Waals surface area contributed by atoms with Crippen LogP contribution in [0, 0.1) is 0 Å². The number of aliphatic hydroxyl groups excluding tert-OH is 2. The zero-order chi connectivity index (χ0) is 19.7. The first-order valence-electron chi connectivity index (χ1n) is 10.1. The third-order valence-corrected chi connectivity index (χ3v) is 4.85. The lowest BCUT2D eigenvalue weighted by Gasteiger charge is -2.21. The smallest absolute Gasteiger partial charge is 0.378 e. The minimum Gasteiger partial charge on any atom is -0.499 e. The van der Waals surface area contributed by atoms with E-state index in [1.807, 2.05) is 0 Å². The maximum Gasteiger partial charge on any atom is 0.378 e. The van der Waals surface area contributed by atoms with Gasteiger partial charge in [-0.25, -0.2) is 4.79 Å². The Labute approximate surface area is 161 Å². The normalized spacial score (nSPS) is 24.5. The fraction of sp³-hybridized carbons (Fsp3) is 0.850. The molecular weight excluding hydrogens is 352 g/mol. The van der Waals surface area contributed by atoms with Crippen LogP contribution in [-0.2, 0) is 23.7 Å². The number of hydrogen-bond acceptors (Lipinski definition) is 7. The molecule has 2 atom stereocenters. The third-order valence-electron chi connectivity index (χ3n) is 4.85. The largest absolute Gasteiger partial charge is 0.499 e. The number of aliphatic hydroxyl groups is 2. The fourth-order valence-electron chi connectivity index (χ4n) is 3.35. The molecule has 2 aliphatic rings. The molecule has 1 saturated heterocycles. The molecule has 7 heteroatoms. The summed E-state index contributed by atoms with van der Waals surface area (Å²) in [6.45, 7) is 4.59. The maximum absolute atomic E-state index is 11.7. The van der Waals surface area contributed by atoms with Gasteiger partial charge < -0.3 is 29.2 Å². The Morgan fingerprint density at radius 2 is 1.63 bits per heavy atom. The van der Waals surface area contributed by atoms with Crippen molar-refractivity contribution in [1.82, 2.24) is 0 Å². The van der Waals surface area contributed by atoms with Crippen LogP contribution < -0.4 is 0 Å². The van der Waals surface area contributed by atoms with Gasteiger partial charge in [-0.05, 0) is 26.7 Å². The molecule has 0 bridgehead atoms. The molecule has 0 spiro atoms. The van der Waals surface area contributed by atoms with Crippen LogP contribution in [-0.4, -0.2) is 54.0 Å². The van der Waals surface area contributed by atoms with Gasteiger partial charge in [0.05, 0.1) is 13.2 Å². The molecule has 0 aromatic carbocycles. The number of cyclic esters (lactones) is 1. The van der Waals surface area contributed by atoms with Gasteiger partial charge in [0.2, 0.25) is 5.76 Å². The summed E-state index contributed by atoms with van der Waals surface area (Å²) in [6, 6.07) is 0. The first-order chi connectivity index (χ1) is 12.9. The van der Waals surface area contributed by atoms with Gasteiger partial charge in [0.15, 0.2) is 17.7 Å². The summed E-state index contributed by atoms with van der Waals surface area (Å²) in [5.41, 5.74) is 0. The summed E-state index contributed by atoms with van der Waals surface area (Å²) in [7, 11) is 0. The van der Waals surface area contributed by atoms with E-state index in [2.05, 4.69) is 0 Å². The highest BCUT2D eigenvalue weighted by molar-refractivity contribution is 5.89. The zero-order valence-electron chi connectivity index (χ0n) is 16.6. The molecule has 1 fully saturated rings. The Bertz CT molecular complexity index is 501. The molecule has 0 unspecified atom stereocenters. The number of esters is 1. The van der Waals surface area contributed by atoms with Crippen LogP contribution in [0.4, 0.5) is 0 Å². The number of ether oxygens (including phenoxy) is 4. The Kier molecular flexibility index (Phi) is 8.86. The minimum absolute atomic E-state index is 0.162. The molecule has 2 aliphatic heterocycles. The Morgan fingerprint density at radius 3 is 2.19 bits per heavy atom. The molecule has 0 amide bonds. The van der Waals surface area contributed by atoms with Crippen LogP contribution in [0.5, 0.6) is 0 Å². The lowest BCUT2D eigenvalue weighted by Crippen LogP contribution is -2.33. The summed E-state index contributed by atoms with van der Waals surface area (Å²) in [4.78, 5) is 11.7. The zero-order valence-corrected chi connectivity index (χ0v) is 16.6. The Balaban J connectivity index is 1.61. The predicted octanol–water partition coefficient (Wildman–Crippen LogP) is 3.35. The predicted molar refractivity (Wildman–Crippen MR) is 99.0 cm³/mol. The highest BCUT2D eigenvalue weighted by Gasteiger charge is 2.47. The molecule has 0 aromatic rings. The molecule has 2 N–H and O–H groups in total. The molecule has 2 rings (SSSR count). The van der Waals surface area contributed by atoms with Crippen LogP contribution in [0.3, 0.4) is 0 Å². The summed E-state index contributed by atoms with van der Waals surface area (Å²) < 4.78 is 22.1. The number of unbranched alkanes of at least 4 members (excludes halogenated alkanes) is 8. The van der Waals surface area contributed by atoms with E-state index in [-0.39, 0.29) is 12.4 Å². The van der Waals surface area contributed by atoms with E-state index in [1.54, 1.807) is 13.8 Å². The maximum atomic E-state index is 11.7. The van der Waals surface area contributed by atoms with E-state index < -0.39 is 29.7 Å². The van der Waals surface area contributed by atoms with Gasteiger partial charge in [0.25, 0.3) is 0 Å². The number of carbonyl (C=O) groups is 1. The average molecular weight is 386 g/mol. The second-order valence-electron chi connectivity index (χ2n) is 7.66. The number of rotatable bonds is 13. The van der Waals surface area contributed by atoms with E-state index in [0.717, 1.165) is 32.1 Å². The van der Waals surface area contributed by atoms with Gasteiger partial charge in [0.1, 0.15) is 6.10 Å².